The van der Waals surface area contributed by atoms with Crippen LogP contribution < -0.4 is 5.32 Å². The number of rotatable bonds is 47. The summed E-state index contributed by atoms with van der Waals surface area (Å²) in [6.45, 7) is 6.35. The molecule has 0 saturated carbocycles. The third-order valence-corrected chi connectivity index (χ3v) is 11.9. The van der Waals surface area contributed by atoms with Gasteiger partial charge in [0.05, 0.1) is 25.2 Å². The van der Waals surface area contributed by atoms with Crippen molar-refractivity contribution in [1.82, 2.24) is 5.32 Å². The number of nitrogens with one attached hydrogen (secondary N) is 1. The maximum Gasteiger partial charge on any atom is 0.306 e. The predicted octanol–water partition coefficient (Wildman–Crippen LogP) is 15.8. The summed E-state index contributed by atoms with van der Waals surface area (Å²) in [7, 11) is 0. The lowest BCUT2D eigenvalue weighted by molar-refractivity contribution is -0.151. The van der Waals surface area contributed by atoms with Gasteiger partial charge in [-0.15, -0.1) is 0 Å². The molecule has 0 heterocycles. The molecule has 6 heteroatoms. The Morgan fingerprint density at radius 2 is 0.885 bits per heavy atom. The summed E-state index contributed by atoms with van der Waals surface area (Å²) < 4.78 is 5.93. The molecule has 61 heavy (non-hydrogen) atoms. The van der Waals surface area contributed by atoms with Crippen molar-refractivity contribution < 1.29 is 24.5 Å². The molecule has 3 N–H and O–H groups in total. The molecule has 3 unspecified atom stereocenters. The number of allylic oxidation sites excluding steroid dienone is 8. The standard InChI is InChI=1S/C55H101NO5/c1-4-7-10-13-16-19-22-24-25-26-27-28-29-30-33-36-39-42-45-48-55(60)61-51(46-43-40-37-34-32-23-20-17-14-11-8-5-2)49-54(59)56-52(50-57)53(58)47-44-41-38-35-31-21-18-15-12-9-6-3/h8,11,16-17,19-20,24-25,51-53,57-58H,4-7,9-10,12-15,18,21-23,26-50H2,1-3H3,(H,56,59)/b11-8+,19-16-,20-17+,25-24-. The molecule has 0 radical (unpaired) electrons. The van der Waals surface area contributed by atoms with Crippen LogP contribution in [0.1, 0.15) is 265 Å². The fourth-order valence-electron chi connectivity index (χ4n) is 7.91. The Hall–Kier alpha value is -2.18. The number of carbonyl (C=O) groups is 2. The average Bonchev–Trinajstić information content (AvgIpc) is 3.25. The molecule has 6 nitrogen and oxygen atoms in total. The number of hydrogen-bond donors (Lipinski definition) is 3. The molecule has 0 fully saturated rings. The molecule has 0 aromatic heterocycles. The van der Waals surface area contributed by atoms with Crippen molar-refractivity contribution in [2.24, 2.45) is 0 Å². The fraction of sp³-hybridized carbons (Fsp3) is 0.818. The molecule has 0 aromatic carbocycles. The second kappa shape index (κ2) is 48.8. The van der Waals surface area contributed by atoms with Crippen LogP contribution in [-0.2, 0) is 14.3 Å². The Kier molecular flexibility index (Phi) is 47.1. The number of amides is 1. The van der Waals surface area contributed by atoms with Gasteiger partial charge in [0, 0.05) is 6.42 Å². The van der Waals surface area contributed by atoms with Gasteiger partial charge in [-0.05, 0) is 83.5 Å². The largest absolute Gasteiger partial charge is 0.462 e. The van der Waals surface area contributed by atoms with Gasteiger partial charge in [0.15, 0.2) is 0 Å². The number of aliphatic hydroxyl groups is 2. The van der Waals surface area contributed by atoms with Crippen LogP contribution in [0.4, 0.5) is 0 Å². The van der Waals surface area contributed by atoms with Gasteiger partial charge >= 0.3 is 5.97 Å². The number of esters is 1. The lowest BCUT2D eigenvalue weighted by atomic mass is 10.0. The fourth-order valence-corrected chi connectivity index (χ4v) is 7.91. The van der Waals surface area contributed by atoms with Crippen LogP contribution in [0.3, 0.4) is 0 Å². The molecule has 0 spiro atoms. The van der Waals surface area contributed by atoms with E-state index in [0.717, 1.165) is 83.5 Å². The van der Waals surface area contributed by atoms with Crippen molar-refractivity contribution >= 4 is 11.9 Å². The maximum absolute atomic E-state index is 13.2. The first kappa shape index (κ1) is 58.8. The summed E-state index contributed by atoms with van der Waals surface area (Å²) in [5, 5.41) is 23.7. The van der Waals surface area contributed by atoms with Crippen LogP contribution in [0.15, 0.2) is 48.6 Å². The number of aliphatic hydroxyl groups excluding tert-OH is 2. The van der Waals surface area contributed by atoms with Crippen LogP contribution in [0, 0.1) is 0 Å². The smallest absolute Gasteiger partial charge is 0.306 e. The van der Waals surface area contributed by atoms with Crippen LogP contribution in [0.25, 0.3) is 0 Å². The van der Waals surface area contributed by atoms with Gasteiger partial charge in [0.25, 0.3) is 0 Å². The van der Waals surface area contributed by atoms with E-state index in [1.54, 1.807) is 0 Å². The van der Waals surface area contributed by atoms with Gasteiger partial charge in [-0.1, -0.05) is 217 Å². The Balaban J connectivity index is 4.51. The second-order valence-corrected chi connectivity index (χ2v) is 17.9. The summed E-state index contributed by atoms with van der Waals surface area (Å²) in [4.78, 5) is 26.1. The highest BCUT2D eigenvalue weighted by Gasteiger charge is 2.24. The number of carbonyl (C=O) groups excluding carboxylic acids is 2. The zero-order valence-corrected chi connectivity index (χ0v) is 40.5. The van der Waals surface area contributed by atoms with Crippen LogP contribution in [0.2, 0.25) is 0 Å². The van der Waals surface area contributed by atoms with E-state index in [2.05, 4.69) is 74.7 Å². The average molecular weight is 856 g/mol. The first-order chi connectivity index (χ1) is 30.0. The highest BCUT2D eigenvalue weighted by Crippen LogP contribution is 2.18. The summed E-state index contributed by atoms with van der Waals surface area (Å²) in [5.74, 6) is -0.488. The van der Waals surface area contributed by atoms with E-state index in [1.807, 2.05) is 0 Å². The molecular weight excluding hydrogens is 755 g/mol. The normalized spacial score (nSPS) is 13.6. The van der Waals surface area contributed by atoms with E-state index >= 15 is 0 Å². The van der Waals surface area contributed by atoms with Gasteiger partial charge in [-0.25, -0.2) is 0 Å². The minimum atomic E-state index is -0.791. The molecule has 1 amide bonds. The lowest BCUT2D eigenvalue weighted by Crippen LogP contribution is -2.46. The van der Waals surface area contributed by atoms with Gasteiger partial charge in [-0.2, -0.15) is 0 Å². The van der Waals surface area contributed by atoms with Crippen molar-refractivity contribution in [3.8, 4) is 0 Å². The van der Waals surface area contributed by atoms with E-state index in [-0.39, 0.29) is 24.9 Å². The first-order valence-corrected chi connectivity index (χ1v) is 26.4. The summed E-state index contributed by atoms with van der Waals surface area (Å²) in [6, 6.07) is -0.705. The molecule has 0 aromatic rings. The monoisotopic (exact) mass is 856 g/mol. The zero-order valence-electron chi connectivity index (χ0n) is 40.5. The number of ether oxygens (including phenoxy) is 1. The van der Waals surface area contributed by atoms with Gasteiger partial charge in [0.2, 0.25) is 5.91 Å². The molecule has 3 atom stereocenters. The summed E-state index contributed by atoms with van der Waals surface area (Å²) in [5.41, 5.74) is 0. The Morgan fingerprint density at radius 3 is 1.36 bits per heavy atom. The van der Waals surface area contributed by atoms with Crippen LogP contribution in [-0.4, -0.2) is 46.9 Å². The molecular formula is C55H101NO5. The minimum absolute atomic E-state index is 0.0670. The zero-order chi connectivity index (χ0) is 44.5. The molecule has 0 rings (SSSR count). The van der Waals surface area contributed by atoms with Crippen molar-refractivity contribution in [3.05, 3.63) is 48.6 Å². The van der Waals surface area contributed by atoms with Gasteiger partial charge < -0.3 is 20.3 Å². The van der Waals surface area contributed by atoms with E-state index in [9.17, 15) is 19.8 Å². The first-order valence-electron chi connectivity index (χ1n) is 26.4. The highest BCUT2D eigenvalue weighted by atomic mass is 16.5. The maximum atomic E-state index is 13.2. The number of hydrogen-bond acceptors (Lipinski definition) is 5. The summed E-state index contributed by atoms with van der Waals surface area (Å²) in [6.07, 6.45) is 58.9. The Labute approximate surface area is 378 Å². The van der Waals surface area contributed by atoms with Crippen LogP contribution >= 0.6 is 0 Å². The predicted molar refractivity (Wildman–Crippen MR) is 264 cm³/mol. The van der Waals surface area contributed by atoms with Gasteiger partial charge in [-0.3, -0.25) is 9.59 Å². The van der Waals surface area contributed by atoms with Crippen molar-refractivity contribution in [2.75, 3.05) is 6.61 Å². The molecule has 0 saturated heterocycles. The summed E-state index contributed by atoms with van der Waals surface area (Å²) >= 11 is 0. The third kappa shape index (κ3) is 44.2. The highest BCUT2D eigenvalue weighted by molar-refractivity contribution is 5.77. The van der Waals surface area contributed by atoms with E-state index < -0.39 is 18.2 Å². The second-order valence-electron chi connectivity index (χ2n) is 17.9. The van der Waals surface area contributed by atoms with Crippen molar-refractivity contribution in [1.29, 1.82) is 0 Å². The molecule has 0 aliphatic heterocycles. The molecule has 0 aliphatic rings. The van der Waals surface area contributed by atoms with E-state index in [1.165, 1.54) is 135 Å². The van der Waals surface area contributed by atoms with Crippen molar-refractivity contribution in [3.63, 3.8) is 0 Å². The van der Waals surface area contributed by atoms with Crippen molar-refractivity contribution in [2.45, 2.75) is 283 Å². The Morgan fingerprint density at radius 1 is 0.492 bits per heavy atom. The third-order valence-electron chi connectivity index (χ3n) is 11.9. The lowest BCUT2D eigenvalue weighted by Gasteiger charge is -2.24. The van der Waals surface area contributed by atoms with Crippen LogP contribution in [0.5, 0.6) is 0 Å². The Bertz CT molecular complexity index is 1050. The minimum Gasteiger partial charge on any atom is -0.462 e. The molecule has 0 aliphatic carbocycles. The quantitative estimate of drug-likeness (QED) is 0.0322. The van der Waals surface area contributed by atoms with Gasteiger partial charge in [0.1, 0.15) is 6.10 Å². The SMILES string of the molecule is CC/C=C/C/C=C/CCCCCCCC(CC(=O)NC(CO)C(O)CCCCCCCCCCCCC)OC(=O)CCCCCCCCCCC/C=C\C/C=C\CCCCC. The number of unbranched alkanes of at least 4 members (excludes halogenated alkanes) is 27. The molecule has 0 bridgehead atoms. The van der Waals surface area contributed by atoms with E-state index in [0.29, 0.717) is 19.3 Å². The topological polar surface area (TPSA) is 95.9 Å². The molecule has 356 valence electrons. The van der Waals surface area contributed by atoms with E-state index in [4.69, 9.17) is 4.74 Å².